The molecule has 1 aromatic heterocycles. The van der Waals surface area contributed by atoms with Gasteiger partial charge in [-0.3, -0.25) is 4.79 Å². The Hall–Kier alpha value is -1.03. The number of guanidine groups is 1. The second-order valence-corrected chi connectivity index (χ2v) is 8.72. The van der Waals surface area contributed by atoms with Gasteiger partial charge in [-0.05, 0) is 43.2 Å². The van der Waals surface area contributed by atoms with Crippen LogP contribution in [-0.2, 0) is 4.79 Å². The van der Waals surface area contributed by atoms with Gasteiger partial charge in [-0.2, -0.15) is 0 Å². The predicted octanol–water partition coefficient (Wildman–Crippen LogP) is 3.29. The van der Waals surface area contributed by atoms with Crippen LogP contribution in [0.5, 0.6) is 0 Å². The van der Waals surface area contributed by atoms with E-state index < -0.39 is 0 Å². The molecule has 1 saturated heterocycles. The van der Waals surface area contributed by atoms with Crippen molar-refractivity contribution in [3.05, 3.63) is 17.5 Å². The van der Waals surface area contributed by atoms with E-state index in [0.717, 1.165) is 31.9 Å². The summed E-state index contributed by atoms with van der Waals surface area (Å²) in [6.45, 7) is 2.32. The Balaban J connectivity index is 0.00000280. The summed E-state index contributed by atoms with van der Waals surface area (Å²) in [4.78, 5) is 20.6. The summed E-state index contributed by atoms with van der Waals surface area (Å²) in [6, 6.07) is 5.20. The minimum Gasteiger partial charge on any atom is -0.363 e. The maximum Gasteiger partial charge on any atom is 0.243 e. The summed E-state index contributed by atoms with van der Waals surface area (Å²) in [5, 5.41) is 10.7. The molecule has 1 aliphatic carbocycles. The highest BCUT2D eigenvalue weighted by Gasteiger charge is 2.22. The van der Waals surface area contributed by atoms with Crippen LogP contribution in [0.15, 0.2) is 22.5 Å². The predicted molar refractivity (Wildman–Crippen MR) is 129 cm³/mol. The van der Waals surface area contributed by atoms with Gasteiger partial charge in [0.05, 0.1) is 5.00 Å². The van der Waals surface area contributed by atoms with E-state index in [4.69, 9.17) is 0 Å². The highest BCUT2D eigenvalue weighted by Crippen LogP contribution is 2.25. The van der Waals surface area contributed by atoms with Crippen LogP contribution in [0.25, 0.3) is 0 Å². The zero-order valence-corrected chi connectivity index (χ0v) is 20.2. The number of anilines is 1. The lowest BCUT2D eigenvalue weighted by Crippen LogP contribution is -2.51. The van der Waals surface area contributed by atoms with Crippen molar-refractivity contribution in [3.8, 4) is 0 Å². The summed E-state index contributed by atoms with van der Waals surface area (Å²) in [7, 11) is 3.56. The normalized spacial score (nSPS) is 19.1. The van der Waals surface area contributed by atoms with Crippen LogP contribution in [0.1, 0.15) is 44.9 Å². The number of thiophene rings is 1. The largest absolute Gasteiger partial charge is 0.363 e. The Morgan fingerprint density at radius 1 is 1.14 bits per heavy atom. The molecule has 1 aliphatic heterocycles. The van der Waals surface area contributed by atoms with Crippen molar-refractivity contribution < 1.29 is 4.79 Å². The van der Waals surface area contributed by atoms with Gasteiger partial charge in [0.15, 0.2) is 5.96 Å². The summed E-state index contributed by atoms with van der Waals surface area (Å²) in [5.74, 6) is 0.846. The maximum atomic E-state index is 12.0. The van der Waals surface area contributed by atoms with E-state index in [1.165, 1.54) is 37.1 Å². The van der Waals surface area contributed by atoms with Crippen molar-refractivity contribution in [2.24, 2.45) is 4.99 Å². The Kier molecular flexibility index (Phi) is 9.84. The minimum absolute atomic E-state index is 0. The van der Waals surface area contributed by atoms with E-state index in [9.17, 15) is 4.79 Å². The summed E-state index contributed by atoms with van der Waals surface area (Å²) in [5.41, 5.74) is 0. The SMILES string of the molecule is CN(C)C(=O)CN=C(NC1CCCCC1)NC1CCN(c2cccs2)CC1.I. The first-order chi connectivity index (χ1) is 13.1. The number of aliphatic imine (C=N–C) groups is 1. The van der Waals surface area contributed by atoms with Gasteiger partial charge in [-0.1, -0.05) is 19.3 Å². The van der Waals surface area contributed by atoms with Crippen LogP contribution < -0.4 is 15.5 Å². The van der Waals surface area contributed by atoms with Crippen LogP contribution in [0, 0.1) is 0 Å². The van der Waals surface area contributed by atoms with Gasteiger partial charge in [0, 0.05) is 39.3 Å². The maximum absolute atomic E-state index is 12.0. The molecule has 0 aromatic carbocycles. The topological polar surface area (TPSA) is 60.0 Å². The molecule has 0 radical (unpaired) electrons. The van der Waals surface area contributed by atoms with Crippen LogP contribution in [0.4, 0.5) is 5.00 Å². The van der Waals surface area contributed by atoms with Crippen molar-refractivity contribution in [2.75, 3.05) is 38.6 Å². The van der Waals surface area contributed by atoms with Crippen molar-refractivity contribution >= 4 is 52.2 Å². The summed E-state index contributed by atoms with van der Waals surface area (Å²) in [6.07, 6.45) is 8.45. The van der Waals surface area contributed by atoms with Gasteiger partial charge < -0.3 is 20.4 Å². The molecule has 8 heteroatoms. The van der Waals surface area contributed by atoms with Crippen molar-refractivity contribution in [3.63, 3.8) is 0 Å². The van der Waals surface area contributed by atoms with Crippen LogP contribution in [0.2, 0.25) is 0 Å². The number of hydrogen-bond acceptors (Lipinski definition) is 4. The Morgan fingerprint density at radius 2 is 1.79 bits per heavy atom. The van der Waals surface area contributed by atoms with Gasteiger partial charge in [-0.15, -0.1) is 35.3 Å². The number of hydrogen-bond donors (Lipinski definition) is 2. The third-order valence-corrected chi connectivity index (χ3v) is 6.40. The first-order valence-corrected chi connectivity index (χ1v) is 11.1. The highest BCUT2D eigenvalue weighted by atomic mass is 127. The lowest BCUT2D eigenvalue weighted by atomic mass is 9.95. The molecule has 0 spiro atoms. The number of halogens is 1. The quantitative estimate of drug-likeness (QED) is 0.356. The van der Waals surface area contributed by atoms with E-state index in [1.54, 1.807) is 19.0 Å². The zero-order valence-electron chi connectivity index (χ0n) is 17.0. The molecule has 2 heterocycles. The molecule has 1 saturated carbocycles. The molecule has 2 fully saturated rings. The Labute approximate surface area is 190 Å². The first kappa shape index (κ1) is 23.3. The van der Waals surface area contributed by atoms with Gasteiger partial charge in [0.2, 0.25) is 5.91 Å². The monoisotopic (exact) mass is 519 g/mol. The standard InChI is InChI=1S/C20H33N5OS.HI/c1-24(2)18(26)15-21-20(22-16-7-4-3-5-8-16)23-17-10-12-25(13-11-17)19-9-6-14-27-19;/h6,9,14,16-17H,3-5,7-8,10-13,15H2,1-2H3,(H2,21,22,23);1H. The first-order valence-electron chi connectivity index (χ1n) is 10.2. The van der Waals surface area contributed by atoms with E-state index in [-0.39, 0.29) is 36.4 Å². The fraction of sp³-hybridized carbons (Fsp3) is 0.700. The lowest BCUT2D eigenvalue weighted by molar-refractivity contribution is -0.127. The second-order valence-electron chi connectivity index (χ2n) is 7.79. The molecule has 28 heavy (non-hydrogen) atoms. The van der Waals surface area contributed by atoms with E-state index >= 15 is 0 Å². The number of nitrogens with one attached hydrogen (secondary N) is 2. The average Bonchev–Trinajstić information content (AvgIpc) is 3.22. The fourth-order valence-electron chi connectivity index (χ4n) is 3.75. The van der Waals surface area contributed by atoms with Gasteiger partial charge in [0.1, 0.15) is 6.54 Å². The number of amides is 1. The van der Waals surface area contributed by atoms with Crippen LogP contribution >= 0.6 is 35.3 Å². The van der Waals surface area contributed by atoms with Crippen molar-refractivity contribution in [1.82, 2.24) is 15.5 Å². The number of carbonyl (C=O) groups is 1. The molecular formula is C20H34IN5OS. The molecule has 6 nitrogen and oxygen atoms in total. The van der Waals surface area contributed by atoms with Crippen molar-refractivity contribution in [2.45, 2.75) is 57.0 Å². The number of rotatable bonds is 5. The highest BCUT2D eigenvalue weighted by molar-refractivity contribution is 14.0. The third kappa shape index (κ3) is 7.09. The Bertz CT molecular complexity index is 608. The van der Waals surface area contributed by atoms with E-state index in [1.807, 2.05) is 11.3 Å². The molecule has 1 amide bonds. The minimum atomic E-state index is 0. The molecule has 0 unspecified atom stereocenters. The number of carbonyl (C=O) groups excluding carboxylic acids is 1. The van der Waals surface area contributed by atoms with Gasteiger partial charge >= 0.3 is 0 Å². The molecule has 3 rings (SSSR count). The van der Waals surface area contributed by atoms with Gasteiger partial charge in [0.25, 0.3) is 0 Å². The van der Waals surface area contributed by atoms with E-state index in [2.05, 4.69) is 38.0 Å². The number of likely N-dealkylation sites (N-methyl/N-ethyl adjacent to an activating group) is 1. The lowest BCUT2D eigenvalue weighted by Gasteiger charge is -2.34. The molecular weight excluding hydrogens is 485 g/mol. The molecule has 158 valence electrons. The van der Waals surface area contributed by atoms with Crippen LogP contribution in [0.3, 0.4) is 0 Å². The smallest absolute Gasteiger partial charge is 0.243 e. The number of nitrogens with zero attached hydrogens (tertiary/aromatic N) is 3. The van der Waals surface area contributed by atoms with E-state index in [0.29, 0.717) is 12.1 Å². The third-order valence-electron chi connectivity index (χ3n) is 5.47. The molecule has 0 bridgehead atoms. The second kappa shape index (κ2) is 11.8. The molecule has 0 atom stereocenters. The van der Waals surface area contributed by atoms with Crippen LogP contribution in [-0.4, -0.2) is 62.6 Å². The van der Waals surface area contributed by atoms with Crippen molar-refractivity contribution in [1.29, 1.82) is 0 Å². The molecule has 1 aromatic rings. The zero-order chi connectivity index (χ0) is 19.1. The molecule has 2 aliphatic rings. The van der Waals surface area contributed by atoms with Gasteiger partial charge in [-0.25, -0.2) is 4.99 Å². The fourth-order valence-corrected chi connectivity index (χ4v) is 4.53. The summed E-state index contributed by atoms with van der Waals surface area (Å²) < 4.78 is 0. The number of piperidine rings is 1. The molecule has 2 N–H and O–H groups in total. The summed E-state index contributed by atoms with van der Waals surface area (Å²) >= 11 is 1.81. The average molecular weight is 519 g/mol. The Morgan fingerprint density at radius 3 is 2.36 bits per heavy atom.